The van der Waals surface area contributed by atoms with Gasteiger partial charge in [-0.2, -0.15) is 0 Å². The molecule has 0 fully saturated rings. The summed E-state index contributed by atoms with van der Waals surface area (Å²) in [6.07, 6.45) is 0.254. The first-order valence-corrected chi connectivity index (χ1v) is 7.55. The van der Waals surface area contributed by atoms with Gasteiger partial charge >= 0.3 is 0 Å². The Labute approximate surface area is 139 Å². The van der Waals surface area contributed by atoms with Crippen LogP contribution in [0.15, 0.2) is 42.5 Å². The van der Waals surface area contributed by atoms with Gasteiger partial charge in [0.25, 0.3) is 0 Å². The maximum absolute atomic E-state index is 13.4. The van der Waals surface area contributed by atoms with E-state index in [-0.39, 0.29) is 24.7 Å². The second-order valence-corrected chi connectivity index (χ2v) is 5.33. The summed E-state index contributed by atoms with van der Waals surface area (Å²) < 4.78 is 18.7. The number of hydrogen-bond acceptors (Lipinski definition) is 3. The average molecular weight is 337 g/mol. The van der Waals surface area contributed by atoms with Crippen molar-refractivity contribution in [3.05, 3.63) is 58.9 Å². The van der Waals surface area contributed by atoms with Gasteiger partial charge in [-0.1, -0.05) is 29.8 Å². The Bertz CT molecular complexity index is 679. The lowest BCUT2D eigenvalue weighted by molar-refractivity contribution is -0.121. The Morgan fingerprint density at radius 3 is 2.78 bits per heavy atom. The number of ether oxygens (including phenoxy) is 1. The van der Waals surface area contributed by atoms with Crippen LogP contribution in [-0.2, 0) is 11.3 Å². The number of methoxy groups -OCH3 is 1. The van der Waals surface area contributed by atoms with Crippen LogP contribution in [0.4, 0.5) is 10.1 Å². The fourth-order valence-electron chi connectivity index (χ4n) is 2.05. The van der Waals surface area contributed by atoms with Gasteiger partial charge in [0, 0.05) is 30.1 Å². The topological polar surface area (TPSA) is 50.4 Å². The first kappa shape index (κ1) is 17.1. The van der Waals surface area contributed by atoms with Crippen molar-refractivity contribution >= 4 is 23.2 Å². The van der Waals surface area contributed by atoms with E-state index in [2.05, 4.69) is 10.6 Å². The maximum atomic E-state index is 13.4. The zero-order chi connectivity index (χ0) is 16.7. The van der Waals surface area contributed by atoms with Gasteiger partial charge in [0.05, 0.1) is 12.8 Å². The minimum absolute atomic E-state index is 0.165. The van der Waals surface area contributed by atoms with Crippen LogP contribution in [-0.4, -0.2) is 19.6 Å². The van der Waals surface area contributed by atoms with Crippen molar-refractivity contribution in [1.29, 1.82) is 0 Å². The molecule has 0 spiro atoms. The third-order valence-corrected chi connectivity index (χ3v) is 3.50. The van der Waals surface area contributed by atoms with E-state index < -0.39 is 0 Å². The number of hydrogen-bond donors (Lipinski definition) is 2. The molecule has 0 saturated heterocycles. The lowest BCUT2D eigenvalue weighted by atomic mass is 10.2. The van der Waals surface area contributed by atoms with Crippen LogP contribution in [0.2, 0.25) is 5.02 Å². The highest BCUT2D eigenvalue weighted by Gasteiger charge is 2.06. The molecule has 122 valence electrons. The zero-order valence-corrected chi connectivity index (χ0v) is 13.5. The molecule has 0 bridgehead atoms. The van der Waals surface area contributed by atoms with E-state index in [0.29, 0.717) is 22.9 Å². The Balaban J connectivity index is 1.79. The van der Waals surface area contributed by atoms with Crippen LogP contribution in [0.5, 0.6) is 5.75 Å². The van der Waals surface area contributed by atoms with Crippen LogP contribution < -0.4 is 15.4 Å². The number of rotatable bonds is 7. The van der Waals surface area contributed by atoms with Crippen molar-refractivity contribution < 1.29 is 13.9 Å². The maximum Gasteiger partial charge on any atom is 0.222 e. The number of halogens is 2. The summed E-state index contributed by atoms with van der Waals surface area (Å²) in [6, 6.07) is 11.6. The van der Waals surface area contributed by atoms with Crippen molar-refractivity contribution in [2.45, 2.75) is 13.0 Å². The number of anilines is 1. The molecule has 0 aliphatic heterocycles. The predicted octanol–water partition coefficient (Wildman–Crippen LogP) is 3.61. The molecule has 6 heteroatoms. The number of nitrogens with one attached hydrogen (secondary N) is 2. The highest BCUT2D eigenvalue weighted by atomic mass is 35.5. The third kappa shape index (κ3) is 5.14. The summed E-state index contributed by atoms with van der Waals surface area (Å²) in [4.78, 5) is 11.8. The fraction of sp³-hybridized carbons (Fsp3) is 0.235. The molecule has 0 unspecified atom stereocenters. The molecule has 23 heavy (non-hydrogen) atoms. The minimum Gasteiger partial charge on any atom is -0.495 e. The summed E-state index contributed by atoms with van der Waals surface area (Å²) in [6.45, 7) is 0.589. The van der Waals surface area contributed by atoms with Crippen molar-refractivity contribution in [2.75, 3.05) is 19.0 Å². The van der Waals surface area contributed by atoms with Gasteiger partial charge in [0.1, 0.15) is 11.6 Å². The summed E-state index contributed by atoms with van der Waals surface area (Å²) >= 11 is 5.94. The standard InChI is InChI=1S/C17H18ClFN2O2/c1-23-16-7-6-13(18)10-15(16)20-9-8-17(22)21-11-12-4-2-3-5-14(12)19/h2-7,10,20H,8-9,11H2,1H3,(H,21,22). The Morgan fingerprint density at radius 2 is 2.04 bits per heavy atom. The normalized spacial score (nSPS) is 10.2. The van der Waals surface area contributed by atoms with Crippen LogP contribution in [0.3, 0.4) is 0 Å². The number of amides is 1. The van der Waals surface area contributed by atoms with Crippen LogP contribution in [0, 0.1) is 5.82 Å². The molecule has 0 atom stereocenters. The van der Waals surface area contributed by atoms with Crippen LogP contribution >= 0.6 is 11.6 Å². The van der Waals surface area contributed by atoms with E-state index in [1.54, 1.807) is 43.5 Å². The van der Waals surface area contributed by atoms with Gasteiger partial charge in [0.2, 0.25) is 5.91 Å². The molecule has 2 aromatic rings. The van der Waals surface area contributed by atoms with E-state index in [0.717, 1.165) is 5.69 Å². The van der Waals surface area contributed by atoms with E-state index in [1.807, 2.05) is 0 Å². The summed E-state index contributed by atoms with van der Waals surface area (Å²) in [5.74, 6) is 0.164. The smallest absolute Gasteiger partial charge is 0.222 e. The monoisotopic (exact) mass is 336 g/mol. The van der Waals surface area contributed by atoms with Crippen LogP contribution in [0.1, 0.15) is 12.0 Å². The number of benzene rings is 2. The second kappa shape index (κ2) is 8.39. The Morgan fingerprint density at radius 1 is 1.26 bits per heavy atom. The summed E-state index contributed by atoms with van der Waals surface area (Å²) in [7, 11) is 1.57. The van der Waals surface area contributed by atoms with Gasteiger partial charge in [-0.15, -0.1) is 0 Å². The first-order valence-electron chi connectivity index (χ1n) is 7.17. The highest BCUT2D eigenvalue weighted by Crippen LogP contribution is 2.27. The van der Waals surface area contributed by atoms with Gasteiger partial charge in [-0.3, -0.25) is 4.79 Å². The molecule has 2 aromatic carbocycles. The SMILES string of the molecule is COc1ccc(Cl)cc1NCCC(=O)NCc1ccccc1F. The minimum atomic E-state index is -0.324. The largest absolute Gasteiger partial charge is 0.495 e. The second-order valence-electron chi connectivity index (χ2n) is 4.89. The third-order valence-electron chi connectivity index (χ3n) is 3.26. The van der Waals surface area contributed by atoms with E-state index in [1.165, 1.54) is 6.07 Å². The number of carbonyl (C=O) groups is 1. The van der Waals surface area contributed by atoms with Gasteiger partial charge < -0.3 is 15.4 Å². The van der Waals surface area contributed by atoms with Crippen molar-refractivity contribution in [3.8, 4) is 5.75 Å². The lowest BCUT2D eigenvalue weighted by Gasteiger charge is -2.11. The first-order chi connectivity index (χ1) is 11.1. The average Bonchev–Trinajstić information content (AvgIpc) is 2.54. The van der Waals surface area contributed by atoms with E-state index >= 15 is 0 Å². The van der Waals surface area contributed by atoms with Crippen molar-refractivity contribution in [2.24, 2.45) is 0 Å². The molecule has 0 aliphatic carbocycles. The molecule has 0 heterocycles. The quantitative estimate of drug-likeness (QED) is 0.812. The Kier molecular flexibility index (Phi) is 6.23. The molecule has 0 radical (unpaired) electrons. The molecule has 2 N–H and O–H groups in total. The zero-order valence-electron chi connectivity index (χ0n) is 12.7. The molecule has 4 nitrogen and oxygen atoms in total. The lowest BCUT2D eigenvalue weighted by Crippen LogP contribution is -2.25. The Hall–Kier alpha value is -2.27. The summed E-state index contributed by atoms with van der Waals surface area (Å²) in [5.41, 5.74) is 1.19. The van der Waals surface area contributed by atoms with Gasteiger partial charge in [-0.25, -0.2) is 4.39 Å². The van der Waals surface area contributed by atoms with E-state index in [4.69, 9.17) is 16.3 Å². The summed E-state index contributed by atoms with van der Waals surface area (Å²) in [5, 5.41) is 6.37. The van der Waals surface area contributed by atoms with E-state index in [9.17, 15) is 9.18 Å². The fourth-order valence-corrected chi connectivity index (χ4v) is 2.23. The molecule has 0 aliphatic rings. The molecule has 1 amide bonds. The molecular weight excluding hydrogens is 319 g/mol. The molecule has 2 rings (SSSR count). The van der Waals surface area contributed by atoms with Gasteiger partial charge in [0.15, 0.2) is 0 Å². The highest BCUT2D eigenvalue weighted by molar-refractivity contribution is 6.30. The van der Waals surface area contributed by atoms with Gasteiger partial charge in [-0.05, 0) is 24.3 Å². The number of carbonyl (C=O) groups excluding carboxylic acids is 1. The molecule has 0 saturated carbocycles. The van der Waals surface area contributed by atoms with Crippen molar-refractivity contribution in [1.82, 2.24) is 5.32 Å². The van der Waals surface area contributed by atoms with Crippen LogP contribution in [0.25, 0.3) is 0 Å². The van der Waals surface area contributed by atoms with Crippen molar-refractivity contribution in [3.63, 3.8) is 0 Å². The predicted molar refractivity (Wildman–Crippen MR) is 89.4 cm³/mol. The molecular formula is C17H18ClFN2O2. The molecule has 0 aromatic heterocycles.